The summed E-state index contributed by atoms with van der Waals surface area (Å²) >= 11 is 0. The summed E-state index contributed by atoms with van der Waals surface area (Å²) in [5.41, 5.74) is 1.07. The standard InChI is InChI=1S/C12H15NO2/c1-10(14)15-12(9-13-7-8-13)11-5-3-2-4-6-11/h2-6,12H,7-9H2,1H3. The molecule has 1 saturated heterocycles. The minimum absolute atomic E-state index is 0.119. The highest BCUT2D eigenvalue weighted by Crippen LogP contribution is 2.21. The summed E-state index contributed by atoms with van der Waals surface area (Å²) < 4.78 is 5.31. The number of rotatable bonds is 4. The van der Waals surface area contributed by atoms with Gasteiger partial charge in [-0.25, -0.2) is 0 Å². The zero-order chi connectivity index (χ0) is 10.7. The first kappa shape index (κ1) is 10.2. The second-order valence-electron chi connectivity index (χ2n) is 3.81. The summed E-state index contributed by atoms with van der Waals surface area (Å²) in [5.74, 6) is -0.217. The Morgan fingerprint density at radius 2 is 2.07 bits per heavy atom. The summed E-state index contributed by atoms with van der Waals surface area (Å²) in [7, 11) is 0. The van der Waals surface area contributed by atoms with E-state index in [-0.39, 0.29) is 12.1 Å². The highest BCUT2D eigenvalue weighted by Gasteiger charge is 2.24. The number of ether oxygens (including phenoxy) is 1. The molecule has 1 aromatic carbocycles. The molecule has 0 radical (unpaired) electrons. The van der Waals surface area contributed by atoms with Crippen molar-refractivity contribution < 1.29 is 9.53 Å². The van der Waals surface area contributed by atoms with Gasteiger partial charge in [0.1, 0.15) is 6.10 Å². The van der Waals surface area contributed by atoms with E-state index in [4.69, 9.17) is 4.74 Å². The molecule has 0 saturated carbocycles. The zero-order valence-electron chi connectivity index (χ0n) is 8.85. The Bertz CT molecular complexity index is 333. The second-order valence-corrected chi connectivity index (χ2v) is 3.81. The molecular formula is C12H15NO2. The first-order valence-corrected chi connectivity index (χ1v) is 5.20. The Hall–Kier alpha value is -1.35. The lowest BCUT2D eigenvalue weighted by Gasteiger charge is -2.17. The number of hydrogen-bond acceptors (Lipinski definition) is 3. The Labute approximate surface area is 89.7 Å². The number of hydrogen-bond donors (Lipinski definition) is 0. The van der Waals surface area contributed by atoms with Gasteiger partial charge >= 0.3 is 5.97 Å². The topological polar surface area (TPSA) is 29.3 Å². The number of carbonyl (C=O) groups excluding carboxylic acids is 1. The fraction of sp³-hybridized carbons (Fsp3) is 0.417. The van der Waals surface area contributed by atoms with E-state index < -0.39 is 0 Å². The van der Waals surface area contributed by atoms with Crippen molar-refractivity contribution in [1.29, 1.82) is 0 Å². The molecule has 1 atom stereocenters. The fourth-order valence-corrected chi connectivity index (χ4v) is 1.57. The molecule has 0 spiro atoms. The van der Waals surface area contributed by atoms with Crippen LogP contribution in [0.15, 0.2) is 30.3 Å². The lowest BCUT2D eigenvalue weighted by Crippen LogP contribution is -2.17. The van der Waals surface area contributed by atoms with Crippen LogP contribution in [0.25, 0.3) is 0 Å². The van der Waals surface area contributed by atoms with Gasteiger partial charge in [0.25, 0.3) is 0 Å². The zero-order valence-corrected chi connectivity index (χ0v) is 8.85. The van der Waals surface area contributed by atoms with Crippen molar-refractivity contribution in [2.24, 2.45) is 0 Å². The molecule has 80 valence electrons. The van der Waals surface area contributed by atoms with Gasteiger partial charge in [-0.05, 0) is 5.56 Å². The quantitative estimate of drug-likeness (QED) is 0.552. The largest absolute Gasteiger partial charge is 0.456 e. The number of nitrogens with zero attached hydrogens (tertiary/aromatic N) is 1. The van der Waals surface area contributed by atoms with E-state index in [0.717, 1.165) is 25.2 Å². The van der Waals surface area contributed by atoms with Crippen LogP contribution in [0.5, 0.6) is 0 Å². The number of benzene rings is 1. The van der Waals surface area contributed by atoms with E-state index in [2.05, 4.69) is 4.90 Å². The summed E-state index contributed by atoms with van der Waals surface area (Å²) in [4.78, 5) is 13.2. The summed E-state index contributed by atoms with van der Waals surface area (Å²) in [6, 6.07) is 9.89. The van der Waals surface area contributed by atoms with Gasteiger partial charge < -0.3 is 4.74 Å². The van der Waals surface area contributed by atoms with Gasteiger partial charge in [0.15, 0.2) is 0 Å². The first-order chi connectivity index (χ1) is 7.25. The number of esters is 1. The number of carbonyl (C=O) groups is 1. The molecule has 1 fully saturated rings. The Kier molecular flexibility index (Phi) is 3.02. The minimum atomic E-state index is -0.217. The molecule has 1 unspecified atom stereocenters. The lowest BCUT2D eigenvalue weighted by atomic mass is 10.1. The van der Waals surface area contributed by atoms with Gasteiger partial charge in [-0.2, -0.15) is 0 Å². The van der Waals surface area contributed by atoms with Crippen molar-refractivity contribution in [2.75, 3.05) is 19.6 Å². The van der Waals surface area contributed by atoms with Crippen LogP contribution in [0.3, 0.4) is 0 Å². The molecule has 1 heterocycles. The third-order valence-electron chi connectivity index (χ3n) is 2.44. The van der Waals surface area contributed by atoms with Crippen molar-refractivity contribution >= 4 is 5.97 Å². The van der Waals surface area contributed by atoms with Gasteiger partial charge in [0, 0.05) is 26.6 Å². The average Bonchev–Trinajstić information content (AvgIpc) is 3.01. The monoisotopic (exact) mass is 205 g/mol. The van der Waals surface area contributed by atoms with E-state index in [0.29, 0.717) is 0 Å². The van der Waals surface area contributed by atoms with Gasteiger partial charge in [-0.1, -0.05) is 30.3 Å². The Balaban J connectivity index is 2.06. The van der Waals surface area contributed by atoms with Crippen LogP contribution in [-0.2, 0) is 9.53 Å². The maximum Gasteiger partial charge on any atom is 0.303 e. The van der Waals surface area contributed by atoms with Crippen LogP contribution in [-0.4, -0.2) is 30.5 Å². The van der Waals surface area contributed by atoms with Crippen LogP contribution in [0.1, 0.15) is 18.6 Å². The summed E-state index contributed by atoms with van der Waals surface area (Å²) in [6.07, 6.45) is -0.119. The van der Waals surface area contributed by atoms with Crippen LogP contribution >= 0.6 is 0 Å². The SMILES string of the molecule is CC(=O)OC(CN1CC1)c1ccccc1. The third-order valence-corrected chi connectivity index (χ3v) is 2.44. The van der Waals surface area contributed by atoms with Crippen molar-refractivity contribution in [3.8, 4) is 0 Å². The fourth-order valence-electron chi connectivity index (χ4n) is 1.57. The van der Waals surface area contributed by atoms with E-state index >= 15 is 0 Å². The summed E-state index contributed by atoms with van der Waals surface area (Å²) in [6.45, 7) is 4.50. The molecule has 0 aromatic heterocycles. The van der Waals surface area contributed by atoms with Crippen LogP contribution < -0.4 is 0 Å². The van der Waals surface area contributed by atoms with Gasteiger partial charge in [0.05, 0.1) is 0 Å². The highest BCUT2D eigenvalue weighted by molar-refractivity contribution is 5.66. The van der Waals surface area contributed by atoms with Gasteiger partial charge in [-0.15, -0.1) is 0 Å². The molecule has 1 aromatic rings. The molecule has 0 amide bonds. The molecule has 1 aliphatic rings. The van der Waals surface area contributed by atoms with Gasteiger partial charge in [-0.3, -0.25) is 9.69 Å². The molecule has 1 aliphatic heterocycles. The van der Waals surface area contributed by atoms with E-state index in [9.17, 15) is 4.79 Å². The van der Waals surface area contributed by atoms with Crippen LogP contribution in [0, 0.1) is 0 Å². The maximum atomic E-state index is 11.0. The average molecular weight is 205 g/mol. The minimum Gasteiger partial charge on any atom is -0.456 e. The summed E-state index contributed by atoms with van der Waals surface area (Å²) in [5, 5.41) is 0. The Morgan fingerprint density at radius 3 is 2.60 bits per heavy atom. The first-order valence-electron chi connectivity index (χ1n) is 5.20. The molecule has 2 rings (SSSR count). The molecule has 3 nitrogen and oxygen atoms in total. The lowest BCUT2D eigenvalue weighted by molar-refractivity contribution is -0.147. The smallest absolute Gasteiger partial charge is 0.303 e. The molecule has 0 bridgehead atoms. The molecule has 3 heteroatoms. The van der Waals surface area contributed by atoms with E-state index in [1.807, 2.05) is 30.3 Å². The molecule has 0 aliphatic carbocycles. The highest BCUT2D eigenvalue weighted by atomic mass is 16.5. The van der Waals surface area contributed by atoms with Crippen molar-refractivity contribution in [1.82, 2.24) is 4.90 Å². The normalized spacial score (nSPS) is 17.1. The van der Waals surface area contributed by atoms with Crippen LogP contribution in [0.4, 0.5) is 0 Å². The maximum absolute atomic E-state index is 11.0. The molecule has 0 N–H and O–H groups in total. The third kappa shape index (κ3) is 3.06. The van der Waals surface area contributed by atoms with Crippen molar-refractivity contribution in [3.63, 3.8) is 0 Å². The van der Waals surface area contributed by atoms with E-state index in [1.54, 1.807) is 0 Å². The van der Waals surface area contributed by atoms with Crippen molar-refractivity contribution in [2.45, 2.75) is 13.0 Å². The molecule has 15 heavy (non-hydrogen) atoms. The predicted octanol–water partition coefficient (Wildman–Crippen LogP) is 1.61. The Morgan fingerprint density at radius 1 is 1.40 bits per heavy atom. The second kappa shape index (κ2) is 4.45. The predicted molar refractivity (Wildman–Crippen MR) is 57.4 cm³/mol. The van der Waals surface area contributed by atoms with Gasteiger partial charge in [0.2, 0.25) is 0 Å². The van der Waals surface area contributed by atoms with Crippen molar-refractivity contribution in [3.05, 3.63) is 35.9 Å². The van der Waals surface area contributed by atoms with E-state index in [1.165, 1.54) is 6.92 Å². The van der Waals surface area contributed by atoms with Crippen LogP contribution in [0.2, 0.25) is 0 Å². The molecular weight excluding hydrogens is 190 g/mol.